The Bertz CT molecular complexity index is 75.5. The summed E-state index contributed by atoms with van der Waals surface area (Å²) in [5.74, 6) is 0. The third-order valence-electron chi connectivity index (χ3n) is 1.64. The van der Waals surface area contributed by atoms with Crippen LogP contribution in [0.4, 0.5) is 0 Å². The van der Waals surface area contributed by atoms with E-state index in [0.717, 1.165) is 6.61 Å². The van der Waals surface area contributed by atoms with E-state index < -0.39 is 9.04 Å². The molecule has 56 valence electrons. The average Bonchev–Trinajstić information content (AvgIpc) is 1.64. The van der Waals surface area contributed by atoms with Gasteiger partial charge in [-0.05, 0) is 18.5 Å². The smallest absolute Gasteiger partial charge is 0.179 e. The van der Waals surface area contributed by atoms with Crippen molar-refractivity contribution in [2.45, 2.75) is 39.3 Å². The quantitative estimate of drug-likeness (QED) is 0.543. The van der Waals surface area contributed by atoms with Crippen molar-refractivity contribution in [2.24, 2.45) is 0 Å². The van der Waals surface area contributed by atoms with Crippen LogP contribution >= 0.6 is 0 Å². The molecule has 0 bridgehead atoms. The Morgan fingerprint density at radius 2 is 1.78 bits per heavy atom. The Morgan fingerprint density at radius 1 is 1.33 bits per heavy atom. The van der Waals surface area contributed by atoms with E-state index in [4.69, 9.17) is 4.43 Å². The van der Waals surface area contributed by atoms with Gasteiger partial charge in [-0.1, -0.05) is 20.8 Å². The molecule has 0 amide bonds. The molecule has 0 aliphatic carbocycles. The molecule has 0 N–H and O–H groups in total. The fourth-order valence-electron chi connectivity index (χ4n) is 0.500. The zero-order chi connectivity index (χ0) is 7.49. The van der Waals surface area contributed by atoms with Crippen molar-refractivity contribution in [2.75, 3.05) is 6.61 Å². The molecule has 1 nitrogen and oxygen atoms in total. The van der Waals surface area contributed by atoms with Gasteiger partial charge in [0.1, 0.15) is 0 Å². The van der Waals surface area contributed by atoms with Gasteiger partial charge in [0.2, 0.25) is 0 Å². The first-order valence-corrected chi connectivity index (χ1v) is 5.80. The van der Waals surface area contributed by atoms with Gasteiger partial charge in [0.05, 0.1) is 0 Å². The van der Waals surface area contributed by atoms with E-state index in [0.29, 0.717) is 5.04 Å². The summed E-state index contributed by atoms with van der Waals surface area (Å²) in [5.41, 5.74) is 0. The lowest BCUT2D eigenvalue weighted by Gasteiger charge is -2.24. The summed E-state index contributed by atoms with van der Waals surface area (Å²) in [6, 6.07) is 0. The molecular formula is C7H18OSi. The minimum Gasteiger partial charge on any atom is -0.420 e. The standard InChI is InChI=1S/C7H18OSi/c1-6-8-9(5)7(2,3)4/h9H,6H2,1-5H3. The largest absolute Gasteiger partial charge is 0.420 e. The van der Waals surface area contributed by atoms with E-state index in [1.807, 2.05) is 0 Å². The van der Waals surface area contributed by atoms with Gasteiger partial charge < -0.3 is 4.43 Å². The second kappa shape index (κ2) is 3.37. The lowest BCUT2D eigenvalue weighted by Crippen LogP contribution is -2.25. The van der Waals surface area contributed by atoms with E-state index in [1.165, 1.54) is 0 Å². The van der Waals surface area contributed by atoms with Gasteiger partial charge in [0.25, 0.3) is 0 Å². The average molecular weight is 146 g/mol. The first-order valence-electron chi connectivity index (χ1n) is 3.60. The summed E-state index contributed by atoms with van der Waals surface area (Å²) in [5, 5.41) is 0.427. The Labute approximate surface area is 60.1 Å². The summed E-state index contributed by atoms with van der Waals surface area (Å²) < 4.78 is 5.55. The Hall–Kier alpha value is 0.177. The fourth-order valence-corrected chi connectivity index (χ4v) is 1.50. The number of hydrogen-bond donors (Lipinski definition) is 0. The monoisotopic (exact) mass is 146 g/mol. The van der Waals surface area contributed by atoms with E-state index in [-0.39, 0.29) is 0 Å². The van der Waals surface area contributed by atoms with E-state index in [2.05, 4.69) is 34.2 Å². The predicted molar refractivity (Wildman–Crippen MR) is 44.4 cm³/mol. The van der Waals surface area contributed by atoms with Crippen LogP contribution < -0.4 is 0 Å². The highest BCUT2D eigenvalue weighted by atomic mass is 28.3. The molecule has 0 aromatic heterocycles. The second-order valence-corrected chi connectivity index (χ2v) is 6.81. The number of hydrogen-bond acceptors (Lipinski definition) is 1. The highest BCUT2D eigenvalue weighted by molar-refractivity contribution is 6.53. The lowest BCUT2D eigenvalue weighted by molar-refractivity contribution is 0.327. The van der Waals surface area contributed by atoms with Crippen LogP contribution in [-0.4, -0.2) is 15.6 Å². The van der Waals surface area contributed by atoms with Gasteiger partial charge in [-0.25, -0.2) is 0 Å². The van der Waals surface area contributed by atoms with Crippen LogP contribution in [-0.2, 0) is 4.43 Å². The first-order chi connectivity index (χ1) is 3.98. The van der Waals surface area contributed by atoms with Crippen LogP contribution in [0.1, 0.15) is 27.7 Å². The van der Waals surface area contributed by atoms with Crippen molar-refractivity contribution >= 4 is 9.04 Å². The maximum Gasteiger partial charge on any atom is 0.179 e. The molecular weight excluding hydrogens is 128 g/mol. The van der Waals surface area contributed by atoms with Gasteiger partial charge in [-0.2, -0.15) is 0 Å². The Morgan fingerprint density at radius 3 is 1.89 bits per heavy atom. The normalized spacial score (nSPS) is 15.7. The second-order valence-electron chi connectivity index (χ2n) is 3.46. The topological polar surface area (TPSA) is 9.23 Å². The molecule has 0 heterocycles. The van der Waals surface area contributed by atoms with Gasteiger partial charge in [0, 0.05) is 6.61 Å². The van der Waals surface area contributed by atoms with Crippen molar-refractivity contribution in [3.63, 3.8) is 0 Å². The predicted octanol–water partition coefficient (Wildman–Crippen LogP) is 2.18. The van der Waals surface area contributed by atoms with Crippen LogP contribution in [0, 0.1) is 0 Å². The minimum absolute atomic E-state index is 0.427. The molecule has 1 atom stereocenters. The van der Waals surface area contributed by atoms with E-state index in [9.17, 15) is 0 Å². The van der Waals surface area contributed by atoms with Crippen LogP contribution in [0.5, 0.6) is 0 Å². The highest BCUT2D eigenvalue weighted by Gasteiger charge is 2.21. The van der Waals surface area contributed by atoms with E-state index in [1.54, 1.807) is 0 Å². The van der Waals surface area contributed by atoms with Crippen LogP contribution in [0.25, 0.3) is 0 Å². The zero-order valence-electron chi connectivity index (χ0n) is 7.19. The third kappa shape index (κ3) is 3.70. The van der Waals surface area contributed by atoms with Gasteiger partial charge in [-0.15, -0.1) is 0 Å². The zero-order valence-corrected chi connectivity index (χ0v) is 8.35. The molecule has 0 saturated carbocycles. The van der Waals surface area contributed by atoms with Crippen molar-refractivity contribution in [1.29, 1.82) is 0 Å². The minimum atomic E-state index is -0.890. The maximum absolute atomic E-state index is 5.55. The Kier molecular flexibility index (Phi) is 3.44. The Balaban J connectivity index is 3.59. The van der Waals surface area contributed by atoms with Gasteiger partial charge in [0.15, 0.2) is 9.04 Å². The first kappa shape index (κ1) is 9.18. The van der Waals surface area contributed by atoms with Crippen LogP contribution in [0.15, 0.2) is 0 Å². The van der Waals surface area contributed by atoms with Crippen molar-refractivity contribution < 1.29 is 4.43 Å². The lowest BCUT2D eigenvalue weighted by atomic mass is 10.3. The van der Waals surface area contributed by atoms with Crippen LogP contribution in [0.3, 0.4) is 0 Å². The van der Waals surface area contributed by atoms with Crippen LogP contribution in [0.2, 0.25) is 11.6 Å². The van der Waals surface area contributed by atoms with Gasteiger partial charge >= 0.3 is 0 Å². The molecule has 0 aliphatic rings. The SMILES string of the molecule is CCO[SiH](C)C(C)(C)C. The summed E-state index contributed by atoms with van der Waals surface area (Å²) in [6.07, 6.45) is 0. The molecule has 9 heavy (non-hydrogen) atoms. The molecule has 2 heteroatoms. The number of rotatable bonds is 2. The molecule has 0 saturated heterocycles. The van der Waals surface area contributed by atoms with Crippen molar-refractivity contribution in [3.8, 4) is 0 Å². The van der Waals surface area contributed by atoms with Crippen molar-refractivity contribution in [3.05, 3.63) is 0 Å². The van der Waals surface area contributed by atoms with Gasteiger partial charge in [-0.3, -0.25) is 0 Å². The molecule has 0 aliphatic heterocycles. The molecule has 0 aromatic carbocycles. The third-order valence-corrected chi connectivity index (χ3v) is 4.91. The van der Waals surface area contributed by atoms with Crippen molar-refractivity contribution in [1.82, 2.24) is 0 Å². The molecule has 0 aromatic rings. The molecule has 0 rings (SSSR count). The summed E-state index contributed by atoms with van der Waals surface area (Å²) >= 11 is 0. The molecule has 1 unspecified atom stereocenters. The maximum atomic E-state index is 5.55. The molecule has 0 fully saturated rings. The molecule has 0 spiro atoms. The summed E-state index contributed by atoms with van der Waals surface area (Å²) in [7, 11) is -0.890. The summed E-state index contributed by atoms with van der Waals surface area (Å²) in [4.78, 5) is 0. The summed E-state index contributed by atoms with van der Waals surface area (Å²) in [6.45, 7) is 11.9. The molecule has 0 radical (unpaired) electrons. The fraction of sp³-hybridized carbons (Fsp3) is 1.00. The highest BCUT2D eigenvalue weighted by Crippen LogP contribution is 2.26. The van der Waals surface area contributed by atoms with E-state index >= 15 is 0 Å².